The van der Waals surface area contributed by atoms with Gasteiger partial charge in [-0.05, 0) is 49.4 Å². The van der Waals surface area contributed by atoms with Gasteiger partial charge in [0.1, 0.15) is 0 Å². The van der Waals surface area contributed by atoms with Gasteiger partial charge < -0.3 is 0 Å². The van der Waals surface area contributed by atoms with Gasteiger partial charge in [-0.3, -0.25) is 4.90 Å². The van der Waals surface area contributed by atoms with Crippen molar-refractivity contribution in [3.8, 4) is 0 Å². The van der Waals surface area contributed by atoms with Crippen LogP contribution in [0, 0.1) is 19.8 Å². The van der Waals surface area contributed by atoms with Crippen LogP contribution in [0.5, 0.6) is 0 Å². The van der Waals surface area contributed by atoms with E-state index < -0.39 is 0 Å². The first kappa shape index (κ1) is 12.9. The van der Waals surface area contributed by atoms with E-state index in [1.807, 2.05) is 0 Å². The first-order chi connectivity index (χ1) is 8.08. The lowest BCUT2D eigenvalue weighted by Crippen LogP contribution is -2.40. The molecule has 1 aromatic rings. The fourth-order valence-corrected chi connectivity index (χ4v) is 2.87. The number of nitrogens with zero attached hydrogens (tertiary/aromatic N) is 1. The number of hydrogen-bond acceptors (Lipinski definition) is 1. The van der Waals surface area contributed by atoms with E-state index in [0.717, 1.165) is 13.1 Å². The number of benzene rings is 1. The molecule has 94 valence electrons. The van der Waals surface area contributed by atoms with E-state index in [4.69, 9.17) is 11.6 Å². The Bertz CT molecular complexity index is 368. The van der Waals surface area contributed by atoms with Gasteiger partial charge in [0.05, 0.1) is 0 Å². The third-order valence-corrected chi connectivity index (χ3v) is 4.55. The van der Waals surface area contributed by atoms with Crippen LogP contribution < -0.4 is 0 Å². The van der Waals surface area contributed by atoms with Gasteiger partial charge in [0.15, 0.2) is 0 Å². The molecule has 1 nitrogen and oxygen atoms in total. The SMILES string of the molecule is Cc1cccc(C)c1CN1CCC(C)C(Cl)C1. The van der Waals surface area contributed by atoms with Crippen LogP contribution in [0.1, 0.15) is 30.0 Å². The van der Waals surface area contributed by atoms with Crippen molar-refractivity contribution >= 4 is 11.6 Å². The molecule has 0 N–H and O–H groups in total. The van der Waals surface area contributed by atoms with Crippen LogP contribution in [-0.2, 0) is 6.54 Å². The topological polar surface area (TPSA) is 3.24 Å². The summed E-state index contributed by atoms with van der Waals surface area (Å²) in [6, 6.07) is 6.54. The van der Waals surface area contributed by atoms with E-state index in [0.29, 0.717) is 11.3 Å². The molecule has 0 aromatic heterocycles. The van der Waals surface area contributed by atoms with E-state index in [9.17, 15) is 0 Å². The van der Waals surface area contributed by atoms with Crippen molar-refractivity contribution in [2.75, 3.05) is 13.1 Å². The van der Waals surface area contributed by atoms with Crippen LogP contribution in [0.3, 0.4) is 0 Å². The summed E-state index contributed by atoms with van der Waals surface area (Å²) in [4.78, 5) is 2.49. The second kappa shape index (κ2) is 5.41. The van der Waals surface area contributed by atoms with Gasteiger partial charge in [-0.2, -0.15) is 0 Å². The van der Waals surface area contributed by atoms with Crippen molar-refractivity contribution in [2.24, 2.45) is 5.92 Å². The van der Waals surface area contributed by atoms with Crippen molar-refractivity contribution in [1.29, 1.82) is 0 Å². The lowest BCUT2D eigenvalue weighted by molar-refractivity contribution is 0.189. The predicted octanol–water partition coefficient (Wildman–Crippen LogP) is 3.75. The van der Waals surface area contributed by atoms with Crippen LogP contribution in [-0.4, -0.2) is 23.4 Å². The van der Waals surface area contributed by atoms with Crippen molar-refractivity contribution in [3.05, 3.63) is 34.9 Å². The highest BCUT2D eigenvalue weighted by Gasteiger charge is 2.24. The van der Waals surface area contributed by atoms with Gasteiger partial charge in [0, 0.05) is 18.5 Å². The Balaban J connectivity index is 2.06. The summed E-state index contributed by atoms with van der Waals surface area (Å²) < 4.78 is 0. The molecule has 0 bridgehead atoms. The van der Waals surface area contributed by atoms with E-state index in [1.165, 1.54) is 29.7 Å². The first-order valence-corrected chi connectivity index (χ1v) is 6.93. The van der Waals surface area contributed by atoms with Gasteiger partial charge in [0.2, 0.25) is 0 Å². The van der Waals surface area contributed by atoms with E-state index in [2.05, 4.69) is 43.9 Å². The van der Waals surface area contributed by atoms with E-state index >= 15 is 0 Å². The second-order valence-corrected chi connectivity index (χ2v) is 5.95. The lowest BCUT2D eigenvalue weighted by Gasteiger charge is -2.34. The summed E-state index contributed by atoms with van der Waals surface area (Å²) >= 11 is 6.37. The Labute approximate surface area is 110 Å². The maximum Gasteiger partial charge on any atom is 0.0489 e. The largest absolute Gasteiger partial charge is 0.298 e. The number of hydrogen-bond donors (Lipinski definition) is 0. The molecular formula is C15H22ClN. The van der Waals surface area contributed by atoms with Crippen LogP contribution in [0.25, 0.3) is 0 Å². The summed E-state index contributed by atoms with van der Waals surface area (Å²) in [5.41, 5.74) is 4.27. The average Bonchev–Trinajstić information content (AvgIpc) is 2.28. The highest BCUT2D eigenvalue weighted by atomic mass is 35.5. The molecule has 0 saturated carbocycles. The molecular weight excluding hydrogens is 230 g/mol. The summed E-state index contributed by atoms with van der Waals surface area (Å²) in [6.45, 7) is 9.91. The summed E-state index contributed by atoms with van der Waals surface area (Å²) in [5.74, 6) is 0.658. The number of halogens is 1. The Morgan fingerprint density at radius 3 is 2.53 bits per heavy atom. The summed E-state index contributed by atoms with van der Waals surface area (Å²) in [7, 11) is 0. The predicted molar refractivity (Wildman–Crippen MR) is 74.6 cm³/mol. The van der Waals surface area contributed by atoms with Gasteiger partial charge in [-0.1, -0.05) is 25.1 Å². The average molecular weight is 252 g/mol. The molecule has 0 aliphatic carbocycles. The molecule has 2 heteroatoms. The van der Waals surface area contributed by atoms with Crippen LogP contribution in [0.2, 0.25) is 0 Å². The first-order valence-electron chi connectivity index (χ1n) is 6.49. The Kier molecular flexibility index (Phi) is 4.11. The quantitative estimate of drug-likeness (QED) is 0.724. The molecule has 1 aliphatic heterocycles. The molecule has 1 heterocycles. The van der Waals surface area contributed by atoms with Crippen molar-refractivity contribution in [1.82, 2.24) is 4.90 Å². The Morgan fingerprint density at radius 1 is 1.29 bits per heavy atom. The van der Waals surface area contributed by atoms with Crippen LogP contribution in [0.4, 0.5) is 0 Å². The van der Waals surface area contributed by atoms with Crippen LogP contribution >= 0.6 is 11.6 Å². The van der Waals surface area contributed by atoms with Crippen molar-refractivity contribution in [3.63, 3.8) is 0 Å². The zero-order valence-electron chi connectivity index (χ0n) is 11.0. The maximum atomic E-state index is 6.37. The Hall–Kier alpha value is -0.530. The molecule has 0 radical (unpaired) electrons. The normalized spacial score (nSPS) is 26.1. The molecule has 1 aromatic carbocycles. The number of piperidine rings is 1. The minimum Gasteiger partial charge on any atom is -0.298 e. The standard InChI is InChI=1S/C15H22ClN/c1-11-5-4-6-12(2)14(11)9-17-8-7-13(3)15(16)10-17/h4-6,13,15H,7-10H2,1-3H3. The smallest absolute Gasteiger partial charge is 0.0489 e. The Morgan fingerprint density at radius 2 is 1.94 bits per heavy atom. The lowest BCUT2D eigenvalue weighted by atomic mass is 9.96. The van der Waals surface area contributed by atoms with Crippen molar-refractivity contribution < 1.29 is 0 Å². The van der Waals surface area contributed by atoms with Gasteiger partial charge in [-0.25, -0.2) is 0 Å². The highest BCUT2D eigenvalue weighted by molar-refractivity contribution is 6.21. The maximum absolute atomic E-state index is 6.37. The van der Waals surface area contributed by atoms with Gasteiger partial charge >= 0.3 is 0 Å². The second-order valence-electron chi connectivity index (χ2n) is 5.39. The molecule has 0 spiro atoms. The summed E-state index contributed by atoms with van der Waals surface area (Å²) in [6.07, 6.45) is 1.22. The minimum absolute atomic E-state index is 0.313. The third-order valence-electron chi connectivity index (χ3n) is 3.98. The van der Waals surface area contributed by atoms with E-state index in [1.54, 1.807) is 0 Å². The number of aryl methyl sites for hydroxylation is 2. The fourth-order valence-electron chi connectivity index (χ4n) is 2.55. The van der Waals surface area contributed by atoms with Gasteiger partial charge in [-0.15, -0.1) is 11.6 Å². The molecule has 1 saturated heterocycles. The zero-order chi connectivity index (χ0) is 12.4. The molecule has 2 unspecified atom stereocenters. The highest BCUT2D eigenvalue weighted by Crippen LogP contribution is 2.24. The van der Waals surface area contributed by atoms with Crippen LogP contribution in [0.15, 0.2) is 18.2 Å². The minimum atomic E-state index is 0.313. The van der Waals surface area contributed by atoms with Gasteiger partial charge in [0.25, 0.3) is 0 Å². The monoisotopic (exact) mass is 251 g/mol. The molecule has 2 atom stereocenters. The van der Waals surface area contributed by atoms with Crippen molar-refractivity contribution in [2.45, 2.75) is 39.1 Å². The third kappa shape index (κ3) is 3.02. The molecule has 0 amide bonds. The number of likely N-dealkylation sites (tertiary alicyclic amines) is 1. The zero-order valence-corrected chi connectivity index (χ0v) is 11.8. The summed E-state index contributed by atoms with van der Waals surface area (Å²) in [5, 5.41) is 0.313. The fraction of sp³-hybridized carbons (Fsp3) is 0.600. The molecule has 2 rings (SSSR count). The van der Waals surface area contributed by atoms with E-state index in [-0.39, 0.29) is 0 Å². The molecule has 17 heavy (non-hydrogen) atoms. The number of alkyl halides is 1. The molecule has 1 aliphatic rings. The number of rotatable bonds is 2. The molecule has 1 fully saturated rings.